The van der Waals surface area contributed by atoms with Crippen LogP contribution in [-0.2, 0) is 11.3 Å². The molecule has 3 aromatic rings. The first-order valence-electron chi connectivity index (χ1n) is 9.24. The summed E-state index contributed by atoms with van der Waals surface area (Å²) in [6.45, 7) is 2.58. The predicted molar refractivity (Wildman–Crippen MR) is 106 cm³/mol. The lowest BCUT2D eigenvalue weighted by molar-refractivity contribution is -0.117. The molecular weight excluding hydrogens is 354 g/mol. The maximum absolute atomic E-state index is 12.5. The molecule has 4 rings (SSSR count). The highest BCUT2D eigenvalue weighted by atomic mass is 16.2. The van der Waals surface area contributed by atoms with Crippen molar-refractivity contribution in [3.05, 3.63) is 72.2 Å². The molecule has 0 spiro atoms. The van der Waals surface area contributed by atoms with Crippen LogP contribution < -0.4 is 10.6 Å². The lowest BCUT2D eigenvalue weighted by Gasteiger charge is -2.07. The van der Waals surface area contributed by atoms with E-state index in [2.05, 4.69) is 27.6 Å². The normalized spacial score (nSPS) is 17.8. The van der Waals surface area contributed by atoms with Gasteiger partial charge in [-0.25, -0.2) is 0 Å². The molecule has 2 aromatic heterocycles. The first kappa shape index (κ1) is 17.9. The van der Waals surface area contributed by atoms with Crippen LogP contribution in [0.3, 0.4) is 0 Å². The fourth-order valence-corrected chi connectivity index (χ4v) is 3.02. The summed E-state index contributed by atoms with van der Waals surface area (Å²) in [6.07, 6.45) is 4.45. The Kier molecular flexibility index (Phi) is 4.89. The summed E-state index contributed by atoms with van der Waals surface area (Å²) < 4.78 is 1.71. The van der Waals surface area contributed by atoms with Crippen LogP contribution in [0.25, 0.3) is 0 Å². The summed E-state index contributed by atoms with van der Waals surface area (Å²) in [7, 11) is 0. The van der Waals surface area contributed by atoms with Gasteiger partial charge in [0.25, 0.3) is 5.91 Å². The fourth-order valence-electron chi connectivity index (χ4n) is 3.02. The van der Waals surface area contributed by atoms with Crippen LogP contribution >= 0.6 is 0 Å². The molecule has 7 nitrogen and oxygen atoms in total. The van der Waals surface area contributed by atoms with E-state index in [9.17, 15) is 9.59 Å². The molecule has 2 atom stereocenters. The molecule has 1 aliphatic rings. The minimum absolute atomic E-state index is 0.0123. The standard InChI is InChI=1S/C21H21N5O2/c1-14-11-18(14)21(28)23-16-7-4-5-15(12-16)20(27)24-19-8-10-26(25-19)13-17-6-2-3-9-22-17/h2-10,12,14,18H,11,13H2,1H3,(H,23,28)(H,24,25,27)/t14-,18+/m0/s1. The van der Waals surface area contributed by atoms with E-state index < -0.39 is 0 Å². The number of anilines is 2. The highest BCUT2D eigenvalue weighted by Gasteiger charge is 2.39. The van der Waals surface area contributed by atoms with Gasteiger partial charge in [0.05, 0.1) is 12.2 Å². The largest absolute Gasteiger partial charge is 0.326 e. The van der Waals surface area contributed by atoms with Crippen molar-refractivity contribution < 1.29 is 9.59 Å². The molecule has 0 unspecified atom stereocenters. The molecule has 1 saturated carbocycles. The molecule has 28 heavy (non-hydrogen) atoms. The summed E-state index contributed by atoms with van der Waals surface area (Å²) in [6, 6.07) is 14.3. The molecule has 1 aliphatic carbocycles. The van der Waals surface area contributed by atoms with Crippen LogP contribution in [0, 0.1) is 11.8 Å². The number of aromatic nitrogens is 3. The minimum atomic E-state index is -0.279. The second-order valence-electron chi connectivity index (χ2n) is 7.06. The van der Waals surface area contributed by atoms with Gasteiger partial charge < -0.3 is 10.6 Å². The molecule has 0 radical (unpaired) electrons. The maximum Gasteiger partial charge on any atom is 0.256 e. The molecule has 1 aromatic carbocycles. The third-order valence-electron chi connectivity index (χ3n) is 4.77. The van der Waals surface area contributed by atoms with Crippen LogP contribution in [0.15, 0.2) is 60.9 Å². The van der Waals surface area contributed by atoms with Crippen LogP contribution in [0.4, 0.5) is 11.5 Å². The van der Waals surface area contributed by atoms with Gasteiger partial charge in [-0.05, 0) is 42.7 Å². The topological polar surface area (TPSA) is 88.9 Å². The molecule has 142 valence electrons. The Balaban J connectivity index is 1.38. The van der Waals surface area contributed by atoms with Gasteiger partial charge in [0, 0.05) is 35.6 Å². The number of pyridine rings is 1. The number of nitrogens with one attached hydrogen (secondary N) is 2. The van der Waals surface area contributed by atoms with Crippen molar-refractivity contribution in [2.45, 2.75) is 19.9 Å². The minimum Gasteiger partial charge on any atom is -0.326 e. The van der Waals surface area contributed by atoms with Gasteiger partial charge in [0.1, 0.15) is 0 Å². The van der Waals surface area contributed by atoms with Crippen molar-refractivity contribution in [3.8, 4) is 0 Å². The van der Waals surface area contributed by atoms with Crippen molar-refractivity contribution >= 4 is 23.3 Å². The van der Waals surface area contributed by atoms with E-state index in [1.54, 1.807) is 47.4 Å². The lowest BCUT2D eigenvalue weighted by Crippen LogP contribution is -2.16. The number of nitrogens with zero attached hydrogens (tertiary/aromatic N) is 3. The Morgan fingerprint density at radius 2 is 2.00 bits per heavy atom. The molecule has 7 heteroatoms. The van der Waals surface area contributed by atoms with Gasteiger partial charge in [-0.1, -0.05) is 19.1 Å². The number of benzene rings is 1. The van der Waals surface area contributed by atoms with Crippen molar-refractivity contribution in [1.29, 1.82) is 0 Å². The Morgan fingerprint density at radius 3 is 2.75 bits per heavy atom. The average molecular weight is 375 g/mol. The Hall–Kier alpha value is -3.48. The number of rotatable bonds is 6. The van der Waals surface area contributed by atoms with E-state index >= 15 is 0 Å². The van der Waals surface area contributed by atoms with Gasteiger partial charge in [-0.2, -0.15) is 5.10 Å². The smallest absolute Gasteiger partial charge is 0.256 e. The lowest BCUT2D eigenvalue weighted by atomic mass is 10.2. The Morgan fingerprint density at radius 1 is 1.14 bits per heavy atom. The molecule has 1 fully saturated rings. The number of hydrogen-bond donors (Lipinski definition) is 2. The summed E-state index contributed by atoms with van der Waals surface area (Å²) in [5.74, 6) is 0.715. The Bertz CT molecular complexity index is 999. The summed E-state index contributed by atoms with van der Waals surface area (Å²) >= 11 is 0. The van der Waals surface area contributed by atoms with Gasteiger partial charge in [-0.15, -0.1) is 0 Å². The first-order chi connectivity index (χ1) is 13.6. The van der Waals surface area contributed by atoms with Crippen LogP contribution in [-0.4, -0.2) is 26.6 Å². The summed E-state index contributed by atoms with van der Waals surface area (Å²) in [4.78, 5) is 28.9. The molecule has 2 heterocycles. The van der Waals surface area contributed by atoms with E-state index in [1.807, 2.05) is 18.2 Å². The monoisotopic (exact) mass is 375 g/mol. The summed E-state index contributed by atoms with van der Waals surface area (Å²) in [5.41, 5.74) is 1.97. The van der Waals surface area contributed by atoms with Crippen LogP contribution in [0.5, 0.6) is 0 Å². The van der Waals surface area contributed by atoms with Gasteiger partial charge in [0.2, 0.25) is 5.91 Å². The predicted octanol–water partition coefficient (Wildman–Crippen LogP) is 3.17. The zero-order valence-electron chi connectivity index (χ0n) is 15.5. The number of carbonyl (C=O) groups excluding carboxylic acids is 2. The summed E-state index contributed by atoms with van der Waals surface area (Å²) in [5, 5.41) is 10.0. The van der Waals surface area contributed by atoms with Crippen molar-refractivity contribution in [2.24, 2.45) is 11.8 Å². The highest BCUT2D eigenvalue weighted by molar-refractivity contribution is 6.05. The van der Waals surface area contributed by atoms with E-state index in [-0.39, 0.29) is 17.7 Å². The van der Waals surface area contributed by atoms with E-state index in [0.717, 1.165) is 12.1 Å². The first-order valence-corrected chi connectivity index (χ1v) is 9.24. The van der Waals surface area contributed by atoms with Crippen LogP contribution in [0.2, 0.25) is 0 Å². The molecule has 0 aliphatic heterocycles. The van der Waals surface area contributed by atoms with E-state index in [0.29, 0.717) is 29.5 Å². The zero-order valence-corrected chi connectivity index (χ0v) is 15.5. The molecular formula is C21H21N5O2. The highest BCUT2D eigenvalue weighted by Crippen LogP contribution is 2.38. The van der Waals surface area contributed by atoms with Crippen LogP contribution in [0.1, 0.15) is 29.4 Å². The number of amides is 2. The second kappa shape index (κ2) is 7.64. The SMILES string of the molecule is C[C@H]1C[C@H]1C(=O)Nc1cccc(C(=O)Nc2ccn(Cc3ccccn3)n2)c1. The van der Waals surface area contributed by atoms with Crippen molar-refractivity contribution in [1.82, 2.24) is 14.8 Å². The molecule has 0 saturated heterocycles. The zero-order chi connectivity index (χ0) is 19.5. The third-order valence-corrected chi connectivity index (χ3v) is 4.77. The van der Waals surface area contributed by atoms with Gasteiger partial charge >= 0.3 is 0 Å². The van der Waals surface area contributed by atoms with Gasteiger partial charge in [0.15, 0.2) is 5.82 Å². The molecule has 2 N–H and O–H groups in total. The number of carbonyl (C=O) groups is 2. The fraction of sp³-hybridized carbons (Fsp3) is 0.238. The Labute approximate surface area is 162 Å². The second-order valence-corrected chi connectivity index (χ2v) is 7.06. The maximum atomic E-state index is 12.5. The third kappa shape index (κ3) is 4.25. The quantitative estimate of drug-likeness (QED) is 0.693. The van der Waals surface area contributed by atoms with Crippen molar-refractivity contribution in [3.63, 3.8) is 0 Å². The average Bonchev–Trinajstić information content (AvgIpc) is 3.28. The molecule has 2 amide bonds. The van der Waals surface area contributed by atoms with Gasteiger partial charge in [-0.3, -0.25) is 19.3 Å². The van der Waals surface area contributed by atoms with Crippen molar-refractivity contribution in [2.75, 3.05) is 10.6 Å². The van der Waals surface area contributed by atoms with E-state index in [4.69, 9.17) is 0 Å². The van der Waals surface area contributed by atoms with E-state index in [1.165, 1.54) is 0 Å². The number of hydrogen-bond acceptors (Lipinski definition) is 4. The molecule has 0 bridgehead atoms.